The molecule has 7 heteroatoms. The number of H-pyrrole nitrogens is 1. The molecule has 35 heavy (non-hydrogen) atoms. The van der Waals surface area contributed by atoms with Crippen LogP contribution in [0.4, 0.5) is 0 Å². The summed E-state index contributed by atoms with van der Waals surface area (Å²) >= 11 is 0. The monoisotopic (exact) mass is 485 g/mol. The highest BCUT2D eigenvalue weighted by Gasteiger charge is 2.23. The van der Waals surface area contributed by atoms with Crippen LogP contribution < -0.4 is 5.32 Å². The van der Waals surface area contributed by atoms with Crippen LogP contribution in [-0.2, 0) is 33.4 Å². The molecule has 0 unspecified atom stereocenters. The molecular weight excluding hydrogens is 458 g/mol. The number of aromatic nitrogens is 2. The molecule has 3 aromatic carbocycles. The lowest BCUT2D eigenvalue weighted by Gasteiger charge is -2.07. The highest BCUT2D eigenvalue weighted by Crippen LogP contribution is 2.28. The van der Waals surface area contributed by atoms with Gasteiger partial charge < -0.3 is 14.9 Å². The number of carbonyl (C=O) groups is 1. The van der Waals surface area contributed by atoms with Crippen LogP contribution in [0.1, 0.15) is 16.7 Å². The number of sulfone groups is 1. The summed E-state index contributed by atoms with van der Waals surface area (Å²) in [6.45, 7) is 2.46. The molecule has 0 aliphatic heterocycles. The van der Waals surface area contributed by atoms with Crippen molar-refractivity contribution in [3.05, 3.63) is 102 Å². The number of carbonyl (C=O) groups excluding carboxylic acids is 1. The number of para-hydroxylation sites is 2. The van der Waals surface area contributed by atoms with Gasteiger partial charge >= 0.3 is 0 Å². The van der Waals surface area contributed by atoms with Gasteiger partial charge in [-0.3, -0.25) is 4.79 Å². The first-order valence-corrected chi connectivity index (χ1v) is 13.2. The lowest BCUT2D eigenvalue weighted by molar-refractivity contribution is -0.121. The zero-order valence-corrected chi connectivity index (χ0v) is 20.3. The van der Waals surface area contributed by atoms with Crippen molar-refractivity contribution in [2.45, 2.75) is 30.5 Å². The van der Waals surface area contributed by atoms with Crippen molar-refractivity contribution in [2.24, 2.45) is 0 Å². The predicted molar refractivity (Wildman–Crippen MR) is 139 cm³/mol. The van der Waals surface area contributed by atoms with Crippen molar-refractivity contribution in [1.29, 1.82) is 0 Å². The van der Waals surface area contributed by atoms with Gasteiger partial charge in [-0.2, -0.15) is 0 Å². The van der Waals surface area contributed by atoms with Crippen LogP contribution in [0.15, 0.2) is 90.1 Å². The standard InChI is InChI=1S/C28H27N3O3S/c1-20-8-2-3-9-22(20)19-35(33,34)27-17-31(26-13-7-5-11-24(26)27)18-28(32)29-15-14-21-16-30-25-12-6-4-10-23(21)25/h2-13,16-17,30H,14-15,18-19H2,1H3,(H,29,32). The van der Waals surface area contributed by atoms with Gasteiger partial charge in [0.1, 0.15) is 6.54 Å². The van der Waals surface area contributed by atoms with Crippen molar-refractivity contribution < 1.29 is 13.2 Å². The Morgan fingerprint density at radius 2 is 1.63 bits per heavy atom. The van der Waals surface area contributed by atoms with Crippen LogP contribution in [0.25, 0.3) is 21.8 Å². The number of amides is 1. The Labute approximate surface area is 204 Å². The first kappa shape index (κ1) is 22.9. The molecule has 1 amide bonds. The van der Waals surface area contributed by atoms with Gasteiger partial charge in [-0.15, -0.1) is 0 Å². The van der Waals surface area contributed by atoms with E-state index in [4.69, 9.17) is 0 Å². The molecule has 0 aliphatic rings. The first-order valence-electron chi connectivity index (χ1n) is 11.6. The molecule has 5 rings (SSSR count). The van der Waals surface area contributed by atoms with Crippen molar-refractivity contribution in [1.82, 2.24) is 14.9 Å². The van der Waals surface area contributed by atoms with E-state index in [1.165, 1.54) is 0 Å². The predicted octanol–water partition coefficient (Wildman–Crippen LogP) is 4.76. The molecule has 5 aromatic rings. The van der Waals surface area contributed by atoms with Crippen LogP contribution in [0.3, 0.4) is 0 Å². The molecule has 0 spiro atoms. The summed E-state index contributed by atoms with van der Waals surface area (Å²) in [5.74, 6) is -0.238. The second-order valence-electron chi connectivity index (χ2n) is 8.78. The van der Waals surface area contributed by atoms with Crippen LogP contribution in [0.2, 0.25) is 0 Å². The topological polar surface area (TPSA) is 84.0 Å². The van der Waals surface area contributed by atoms with E-state index in [9.17, 15) is 13.2 Å². The largest absolute Gasteiger partial charge is 0.361 e. The van der Waals surface area contributed by atoms with E-state index in [0.29, 0.717) is 18.4 Å². The molecule has 2 N–H and O–H groups in total. The molecule has 0 aliphatic carbocycles. The number of nitrogens with zero attached hydrogens (tertiary/aromatic N) is 1. The van der Waals surface area contributed by atoms with Crippen molar-refractivity contribution in [3.8, 4) is 0 Å². The number of benzene rings is 3. The molecule has 6 nitrogen and oxygen atoms in total. The van der Waals surface area contributed by atoms with Crippen LogP contribution in [0.5, 0.6) is 0 Å². The Bertz CT molecular complexity index is 1630. The second kappa shape index (κ2) is 9.43. The van der Waals surface area contributed by atoms with Gasteiger partial charge in [0.15, 0.2) is 9.84 Å². The molecular formula is C28H27N3O3S. The quantitative estimate of drug-likeness (QED) is 0.332. The number of hydrogen-bond acceptors (Lipinski definition) is 3. The van der Waals surface area contributed by atoms with E-state index in [0.717, 1.165) is 33.1 Å². The normalized spacial score (nSPS) is 11.8. The molecule has 0 saturated carbocycles. The summed E-state index contributed by atoms with van der Waals surface area (Å²) in [5, 5.41) is 4.76. The van der Waals surface area contributed by atoms with Gasteiger partial charge in [-0.25, -0.2) is 8.42 Å². The Kier molecular flexibility index (Phi) is 6.17. The van der Waals surface area contributed by atoms with Crippen LogP contribution in [-0.4, -0.2) is 30.4 Å². The number of fused-ring (bicyclic) bond motifs is 2. The SMILES string of the molecule is Cc1ccccc1CS(=O)(=O)c1cn(CC(=O)NCCc2c[nH]c3ccccc23)c2ccccc12. The minimum atomic E-state index is -3.60. The molecule has 0 saturated heterocycles. The van der Waals surface area contributed by atoms with Gasteiger partial charge in [0.2, 0.25) is 5.91 Å². The summed E-state index contributed by atoms with van der Waals surface area (Å²) in [6.07, 6.45) is 4.28. The van der Waals surface area contributed by atoms with Gasteiger partial charge in [0.05, 0.1) is 10.6 Å². The number of hydrogen-bond donors (Lipinski definition) is 2. The Balaban J connectivity index is 1.32. The highest BCUT2D eigenvalue weighted by atomic mass is 32.2. The maximum atomic E-state index is 13.4. The maximum Gasteiger partial charge on any atom is 0.239 e. The third-order valence-corrected chi connectivity index (χ3v) is 8.09. The van der Waals surface area contributed by atoms with E-state index in [1.807, 2.05) is 73.8 Å². The molecule has 178 valence electrons. The molecule has 2 heterocycles. The van der Waals surface area contributed by atoms with E-state index >= 15 is 0 Å². The summed E-state index contributed by atoms with van der Waals surface area (Å²) < 4.78 is 28.4. The molecule has 0 radical (unpaired) electrons. The third kappa shape index (κ3) is 4.72. The molecule has 0 bridgehead atoms. The van der Waals surface area contributed by atoms with E-state index in [1.54, 1.807) is 16.8 Å². The minimum absolute atomic E-state index is 0.0499. The van der Waals surface area contributed by atoms with Gasteiger partial charge in [-0.05, 0) is 42.2 Å². The maximum absolute atomic E-state index is 13.4. The smallest absolute Gasteiger partial charge is 0.239 e. The number of rotatable bonds is 8. The average Bonchev–Trinajstić information content (AvgIpc) is 3.43. The fourth-order valence-electron chi connectivity index (χ4n) is 4.53. The number of nitrogens with one attached hydrogen (secondary N) is 2. The van der Waals surface area contributed by atoms with E-state index in [-0.39, 0.29) is 23.1 Å². The van der Waals surface area contributed by atoms with E-state index < -0.39 is 9.84 Å². The molecule has 0 atom stereocenters. The Hall–Kier alpha value is -3.84. The van der Waals surface area contributed by atoms with Crippen LogP contribution >= 0.6 is 0 Å². The third-order valence-electron chi connectivity index (χ3n) is 6.40. The lowest BCUT2D eigenvalue weighted by Crippen LogP contribution is -2.29. The number of aryl methyl sites for hydroxylation is 1. The van der Waals surface area contributed by atoms with Crippen molar-refractivity contribution >= 4 is 37.6 Å². The van der Waals surface area contributed by atoms with Gasteiger partial charge in [0.25, 0.3) is 0 Å². The van der Waals surface area contributed by atoms with Crippen molar-refractivity contribution in [3.63, 3.8) is 0 Å². The fraction of sp³-hybridized carbons (Fsp3) is 0.179. The zero-order valence-electron chi connectivity index (χ0n) is 19.5. The Morgan fingerprint density at radius 1 is 0.914 bits per heavy atom. The van der Waals surface area contributed by atoms with Gasteiger partial charge in [0, 0.05) is 40.7 Å². The summed E-state index contributed by atoms with van der Waals surface area (Å²) in [6, 6.07) is 22.9. The molecule has 0 fully saturated rings. The summed E-state index contributed by atoms with van der Waals surface area (Å²) in [5.41, 5.74) is 4.67. The zero-order chi connectivity index (χ0) is 24.4. The highest BCUT2D eigenvalue weighted by molar-refractivity contribution is 7.90. The van der Waals surface area contributed by atoms with Crippen LogP contribution in [0, 0.1) is 6.92 Å². The van der Waals surface area contributed by atoms with Crippen molar-refractivity contribution in [2.75, 3.05) is 6.54 Å². The average molecular weight is 486 g/mol. The fourth-order valence-corrected chi connectivity index (χ4v) is 6.22. The summed E-state index contributed by atoms with van der Waals surface area (Å²) in [4.78, 5) is 16.3. The summed E-state index contributed by atoms with van der Waals surface area (Å²) in [7, 11) is -3.60. The number of aromatic amines is 1. The van der Waals surface area contributed by atoms with Gasteiger partial charge in [-0.1, -0.05) is 60.7 Å². The minimum Gasteiger partial charge on any atom is -0.361 e. The van der Waals surface area contributed by atoms with E-state index in [2.05, 4.69) is 16.4 Å². The first-order chi connectivity index (χ1) is 16.9. The second-order valence-corrected chi connectivity index (χ2v) is 10.7. The Morgan fingerprint density at radius 3 is 2.46 bits per heavy atom. The lowest BCUT2D eigenvalue weighted by atomic mass is 10.1. The molecule has 2 aromatic heterocycles.